The van der Waals surface area contributed by atoms with E-state index < -0.39 is 0 Å². The van der Waals surface area contributed by atoms with Gasteiger partial charge in [-0.1, -0.05) is 36.4 Å². The highest BCUT2D eigenvalue weighted by Crippen LogP contribution is 2.25. The topological polar surface area (TPSA) is 38.8 Å². The van der Waals surface area contributed by atoms with Crippen molar-refractivity contribution >= 4 is 17.2 Å². The van der Waals surface area contributed by atoms with Crippen molar-refractivity contribution in [3.05, 3.63) is 82.0 Å². The molecule has 0 fully saturated rings. The fraction of sp³-hybridized carbons (Fsp3) is 0.261. The third kappa shape index (κ3) is 4.93. The van der Waals surface area contributed by atoms with Crippen molar-refractivity contribution in [2.24, 2.45) is 0 Å². The second-order valence-electron chi connectivity index (χ2n) is 6.65. The predicted octanol–water partition coefficient (Wildman–Crippen LogP) is 5.04. The van der Waals surface area contributed by atoms with Crippen LogP contribution in [0.15, 0.2) is 66.0 Å². The van der Waals surface area contributed by atoms with E-state index in [0.717, 1.165) is 12.0 Å². The van der Waals surface area contributed by atoms with Crippen molar-refractivity contribution in [2.75, 3.05) is 14.2 Å². The third-order valence-electron chi connectivity index (χ3n) is 4.66. The summed E-state index contributed by atoms with van der Waals surface area (Å²) in [5.74, 6) is 1.17. The lowest BCUT2D eigenvalue weighted by Crippen LogP contribution is -2.39. The summed E-state index contributed by atoms with van der Waals surface area (Å²) in [6.07, 6.45) is 0.817. The van der Waals surface area contributed by atoms with Gasteiger partial charge < -0.3 is 14.4 Å². The number of methoxy groups -OCH3 is 2. The Kier molecular flexibility index (Phi) is 6.71. The van der Waals surface area contributed by atoms with Crippen molar-refractivity contribution < 1.29 is 14.3 Å². The fourth-order valence-corrected chi connectivity index (χ4v) is 3.96. The van der Waals surface area contributed by atoms with E-state index in [1.54, 1.807) is 43.8 Å². The van der Waals surface area contributed by atoms with E-state index in [1.165, 1.54) is 4.88 Å². The van der Waals surface area contributed by atoms with Crippen LogP contribution in [0.5, 0.6) is 11.5 Å². The van der Waals surface area contributed by atoms with E-state index in [0.29, 0.717) is 23.6 Å². The van der Waals surface area contributed by atoms with Crippen LogP contribution in [0.25, 0.3) is 0 Å². The number of rotatable bonds is 8. The molecule has 1 amide bonds. The lowest BCUT2D eigenvalue weighted by atomic mass is 10.1. The molecule has 2 aromatic carbocycles. The van der Waals surface area contributed by atoms with Crippen LogP contribution in [0.3, 0.4) is 0 Å². The zero-order chi connectivity index (χ0) is 19.9. The van der Waals surface area contributed by atoms with E-state index in [9.17, 15) is 4.79 Å². The fourth-order valence-electron chi connectivity index (χ4n) is 3.13. The van der Waals surface area contributed by atoms with Gasteiger partial charge >= 0.3 is 0 Å². The lowest BCUT2D eigenvalue weighted by Gasteiger charge is -2.30. The number of hydrogen-bond acceptors (Lipinski definition) is 4. The molecular formula is C23H25NO3S. The first kappa shape index (κ1) is 20.0. The molecule has 3 aromatic rings. The SMILES string of the molecule is COc1cc(OC)cc(C(=O)N(Cc2ccccc2)[C@@H](C)Cc2cccs2)c1. The zero-order valence-corrected chi connectivity index (χ0v) is 17.2. The van der Waals surface area contributed by atoms with Crippen molar-refractivity contribution in [3.63, 3.8) is 0 Å². The smallest absolute Gasteiger partial charge is 0.254 e. The molecule has 0 N–H and O–H groups in total. The van der Waals surface area contributed by atoms with Gasteiger partial charge in [0.2, 0.25) is 0 Å². The average molecular weight is 396 g/mol. The average Bonchev–Trinajstić information content (AvgIpc) is 3.24. The number of carbonyl (C=O) groups excluding carboxylic acids is 1. The summed E-state index contributed by atoms with van der Waals surface area (Å²) < 4.78 is 10.7. The number of carbonyl (C=O) groups is 1. The highest BCUT2D eigenvalue weighted by atomic mass is 32.1. The summed E-state index contributed by atoms with van der Waals surface area (Å²) in [5.41, 5.74) is 1.66. The first-order valence-electron chi connectivity index (χ1n) is 9.21. The maximum atomic E-state index is 13.5. The molecule has 0 aliphatic rings. The number of benzene rings is 2. The number of nitrogens with zero attached hydrogens (tertiary/aromatic N) is 1. The van der Waals surface area contributed by atoms with Gasteiger partial charge in [0, 0.05) is 35.5 Å². The maximum Gasteiger partial charge on any atom is 0.254 e. The molecule has 0 aliphatic heterocycles. The van der Waals surface area contributed by atoms with Crippen LogP contribution in [0, 0.1) is 0 Å². The van der Waals surface area contributed by atoms with E-state index in [2.05, 4.69) is 18.4 Å². The Bertz CT molecular complexity index is 871. The summed E-state index contributed by atoms with van der Waals surface area (Å²) in [6.45, 7) is 2.64. The zero-order valence-electron chi connectivity index (χ0n) is 16.4. The van der Waals surface area contributed by atoms with Crippen LogP contribution >= 0.6 is 11.3 Å². The molecule has 1 atom stereocenters. The minimum atomic E-state index is -0.0369. The summed E-state index contributed by atoms with van der Waals surface area (Å²) in [7, 11) is 3.17. The Labute approximate surface area is 170 Å². The quantitative estimate of drug-likeness (QED) is 0.536. The first-order chi connectivity index (χ1) is 13.6. The highest BCUT2D eigenvalue weighted by Gasteiger charge is 2.23. The Morgan fingerprint density at radius 2 is 1.68 bits per heavy atom. The van der Waals surface area contributed by atoms with Crippen LogP contribution in [0.2, 0.25) is 0 Å². The summed E-state index contributed by atoms with van der Waals surface area (Å²) in [5, 5.41) is 2.07. The third-order valence-corrected chi connectivity index (χ3v) is 5.56. The maximum absolute atomic E-state index is 13.5. The molecule has 0 saturated carbocycles. The number of ether oxygens (including phenoxy) is 2. The van der Waals surface area contributed by atoms with Crippen molar-refractivity contribution in [3.8, 4) is 11.5 Å². The molecule has 1 aromatic heterocycles. The second kappa shape index (κ2) is 9.42. The standard InChI is InChI=1S/C23H25NO3S/c1-17(12-22-10-7-11-28-22)24(16-18-8-5-4-6-9-18)23(25)19-13-20(26-2)15-21(14-19)27-3/h4-11,13-15,17H,12,16H2,1-3H3/t17-/m0/s1. The van der Waals surface area contributed by atoms with E-state index in [4.69, 9.17) is 9.47 Å². The van der Waals surface area contributed by atoms with Gasteiger partial charge in [0.15, 0.2) is 0 Å². The number of hydrogen-bond donors (Lipinski definition) is 0. The van der Waals surface area contributed by atoms with Crippen molar-refractivity contribution in [1.82, 2.24) is 4.90 Å². The Morgan fingerprint density at radius 1 is 1.00 bits per heavy atom. The van der Waals surface area contributed by atoms with Crippen LogP contribution in [-0.4, -0.2) is 31.1 Å². The van der Waals surface area contributed by atoms with Gasteiger partial charge in [0.05, 0.1) is 14.2 Å². The molecular weight excluding hydrogens is 370 g/mol. The van der Waals surface area contributed by atoms with E-state index in [1.807, 2.05) is 41.3 Å². The largest absolute Gasteiger partial charge is 0.497 e. The normalized spacial score (nSPS) is 11.7. The Hall–Kier alpha value is -2.79. The van der Waals surface area contributed by atoms with Gasteiger partial charge in [-0.05, 0) is 36.1 Å². The lowest BCUT2D eigenvalue weighted by molar-refractivity contribution is 0.0675. The monoisotopic (exact) mass is 395 g/mol. The molecule has 0 bridgehead atoms. The van der Waals surface area contributed by atoms with Gasteiger partial charge in [-0.25, -0.2) is 0 Å². The minimum absolute atomic E-state index is 0.0369. The van der Waals surface area contributed by atoms with Crippen LogP contribution in [0.4, 0.5) is 0 Å². The van der Waals surface area contributed by atoms with E-state index >= 15 is 0 Å². The van der Waals surface area contributed by atoms with Crippen LogP contribution in [-0.2, 0) is 13.0 Å². The van der Waals surface area contributed by atoms with E-state index in [-0.39, 0.29) is 11.9 Å². The van der Waals surface area contributed by atoms with Gasteiger partial charge in [0.25, 0.3) is 5.91 Å². The molecule has 0 aliphatic carbocycles. The molecule has 3 rings (SSSR count). The van der Waals surface area contributed by atoms with Crippen LogP contribution < -0.4 is 9.47 Å². The molecule has 0 radical (unpaired) electrons. The molecule has 1 heterocycles. The van der Waals surface area contributed by atoms with Gasteiger partial charge in [-0.2, -0.15) is 0 Å². The molecule has 0 spiro atoms. The molecule has 28 heavy (non-hydrogen) atoms. The van der Waals surface area contributed by atoms with Crippen molar-refractivity contribution in [2.45, 2.75) is 25.9 Å². The number of amides is 1. The van der Waals surface area contributed by atoms with Gasteiger partial charge in [-0.15, -0.1) is 11.3 Å². The second-order valence-corrected chi connectivity index (χ2v) is 7.68. The predicted molar refractivity (Wildman–Crippen MR) is 113 cm³/mol. The number of thiophene rings is 1. The van der Waals surface area contributed by atoms with Gasteiger partial charge in [0.1, 0.15) is 11.5 Å². The van der Waals surface area contributed by atoms with Gasteiger partial charge in [-0.3, -0.25) is 4.79 Å². The molecule has 0 unspecified atom stereocenters. The first-order valence-corrected chi connectivity index (χ1v) is 10.1. The summed E-state index contributed by atoms with van der Waals surface area (Å²) >= 11 is 1.72. The Morgan fingerprint density at radius 3 is 2.25 bits per heavy atom. The van der Waals surface area contributed by atoms with Crippen LogP contribution in [0.1, 0.15) is 27.7 Å². The Balaban J connectivity index is 1.91. The highest BCUT2D eigenvalue weighted by molar-refractivity contribution is 7.09. The minimum Gasteiger partial charge on any atom is -0.497 e. The summed E-state index contributed by atoms with van der Waals surface area (Å²) in [4.78, 5) is 16.7. The van der Waals surface area contributed by atoms with Crippen molar-refractivity contribution in [1.29, 1.82) is 0 Å². The molecule has 146 valence electrons. The summed E-state index contributed by atoms with van der Waals surface area (Å²) in [6, 6.07) is 19.6. The molecule has 5 heteroatoms. The molecule has 0 saturated heterocycles. The molecule has 4 nitrogen and oxygen atoms in total.